The number of rotatable bonds is 5. The van der Waals surface area contributed by atoms with Gasteiger partial charge in [-0.3, -0.25) is 0 Å². The third-order valence-electron chi connectivity index (χ3n) is 6.77. The van der Waals surface area contributed by atoms with Gasteiger partial charge < -0.3 is 0 Å². The maximum Gasteiger partial charge on any atom is 0.195 e. The molecule has 0 saturated heterocycles. The molecule has 1 aliphatic rings. The van der Waals surface area contributed by atoms with Crippen molar-refractivity contribution in [2.45, 2.75) is 64.2 Å². The summed E-state index contributed by atoms with van der Waals surface area (Å²) in [6.07, 6.45) is 6.77. The molecule has 0 unspecified atom stereocenters. The Bertz CT molecular complexity index is 1220. The van der Waals surface area contributed by atoms with Crippen LogP contribution in [0.1, 0.15) is 74.5 Å². The van der Waals surface area contributed by atoms with E-state index in [0.717, 1.165) is 56.6 Å². The molecule has 34 heavy (non-hydrogen) atoms. The minimum Gasteiger partial charge on any atom is -0.206 e. The average Bonchev–Trinajstić information content (AvgIpc) is 2.82. The van der Waals surface area contributed by atoms with E-state index in [4.69, 9.17) is 0 Å². The fraction of sp³-hybridized carbons (Fsp3) is 0.379. The summed E-state index contributed by atoms with van der Waals surface area (Å²) in [6.45, 7) is 2.08. The summed E-state index contributed by atoms with van der Waals surface area (Å²) in [4.78, 5) is 0. The van der Waals surface area contributed by atoms with Crippen molar-refractivity contribution < 1.29 is 22.0 Å². The van der Waals surface area contributed by atoms with Crippen molar-refractivity contribution in [1.29, 1.82) is 0 Å². The van der Waals surface area contributed by atoms with Crippen LogP contribution in [-0.2, 0) is 6.42 Å². The first-order valence-corrected chi connectivity index (χ1v) is 11.9. The molecule has 0 N–H and O–H groups in total. The van der Waals surface area contributed by atoms with E-state index in [1.165, 1.54) is 18.2 Å². The van der Waals surface area contributed by atoms with Gasteiger partial charge in [0.1, 0.15) is 11.6 Å². The molecule has 178 valence electrons. The van der Waals surface area contributed by atoms with E-state index in [-0.39, 0.29) is 22.8 Å². The highest BCUT2D eigenvalue weighted by Gasteiger charge is 2.22. The zero-order valence-electron chi connectivity index (χ0n) is 19.2. The molecule has 1 saturated carbocycles. The Labute approximate surface area is 197 Å². The van der Waals surface area contributed by atoms with Crippen molar-refractivity contribution in [1.82, 2.24) is 0 Å². The number of hydrogen-bond donors (Lipinski definition) is 0. The molecule has 0 spiro atoms. The normalized spacial score (nSPS) is 18.1. The van der Waals surface area contributed by atoms with Gasteiger partial charge in [-0.25, -0.2) is 22.0 Å². The zero-order chi connectivity index (χ0) is 24.2. The molecule has 1 fully saturated rings. The summed E-state index contributed by atoms with van der Waals surface area (Å²) in [6, 6.07) is 8.75. The van der Waals surface area contributed by atoms with E-state index in [1.54, 1.807) is 12.1 Å². The van der Waals surface area contributed by atoms with Crippen LogP contribution in [0, 0.1) is 46.8 Å². The lowest BCUT2D eigenvalue weighted by atomic mass is 9.78. The lowest BCUT2D eigenvalue weighted by Crippen LogP contribution is -2.12. The van der Waals surface area contributed by atoms with Crippen molar-refractivity contribution >= 4 is 10.8 Å². The van der Waals surface area contributed by atoms with Crippen LogP contribution in [0.4, 0.5) is 22.0 Å². The fourth-order valence-corrected chi connectivity index (χ4v) is 4.79. The molecule has 1 aliphatic carbocycles. The highest BCUT2D eigenvalue weighted by atomic mass is 19.2. The van der Waals surface area contributed by atoms with Gasteiger partial charge in [-0.05, 0) is 79.2 Å². The number of benzene rings is 3. The molecule has 4 rings (SSSR count). The van der Waals surface area contributed by atoms with Crippen LogP contribution in [0.15, 0.2) is 36.4 Å². The molecule has 0 aliphatic heterocycles. The molecular weight excluding hydrogens is 443 g/mol. The largest absolute Gasteiger partial charge is 0.206 e. The van der Waals surface area contributed by atoms with Crippen LogP contribution in [0.3, 0.4) is 0 Å². The summed E-state index contributed by atoms with van der Waals surface area (Å²) in [7, 11) is 0. The minimum absolute atomic E-state index is 0.0312. The van der Waals surface area contributed by atoms with Gasteiger partial charge in [-0.2, -0.15) is 0 Å². The first-order valence-electron chi connectivity index (χ1n) is 11.9. The topological polar surface area (TPSA) is 0 Å². The lowest BCUT2D eigenvalue weighted by molar-refractivity contribution is 0.385. The van der Waals surface area contributed by atoms with Gasteiger partial charge >= 0.3 is 0 Å². The van der Waals surface area contributed by atoms with Crippen molar-refractivity contribution in [3.63, 3.8) is 0 Å². The second-order valence-corrected chi connectivity index (χ2v) is 9.18. The molecule has 0 amide bonds. The summed E-state index contributed by atoms with van der Waals surface area (Å²) >= 11 is 0. The number of hydrogen-bond acceptors (Lipinski definition) is 0. The number of fused-ring (bicyclic) bond motifs is 1. The Kier molecular flexibility index (Phi) is 7.56. The Balaban J connectivity index is 1.42. The SMILES string of the molecule is CCCCCc1cc(F)c(C#CC2CCC(c3ccc4c(F)c(F)c(F)cc4c3)CC2)c(F)c1. The molecule has 0 aromatic heterocycles. The van der Waals surface area contributed by atoms with Crippen LogP contribution in [0.5, 0.6) is 0 Å². The van der Waals surface area contributed by atoms with E-state index in [0.29, 0.717) is 17.4 Å². The molecule has 0 heterocycles. The van der Waals surface area contributed by atoms with Crippen LogP contribution in [0.2, 0.25) is 0 Å². The van der Waals surface area contributed by atoms with E-state index < -0.39 is 29.1 Å². The summed E-state index contributed by atoms with van der Waals surface area (Å²) in [5.74, 6) is 0.933. The van der Waals surface area contributed by atoms with Gasteiger partial charge in [0.25, 0.3) is 0 Å². The Morgan fingerprint density at radius 2 is 1.50 bits per heavy atom. The molecule has 0 bridgehead atoms. The molecule has 3 aromatic rings. The smallest absolute Gasteiger partial charge is 0.195 e. The lowest BCUT2D eigenvalue weighted by Gasteiger charge is -2.26. The Hall–Kier alpha value is -2.87. The van der Waals surface area contributed by atoms with Gasteiger partial charge in [-0.15, -0.1) is 0 Å². The monoisotopic (exact) mass is 470 g/mol. The van der Waals surface area contributed by atoms with E-state index >= 15 is 0 Å². The first kappa shape index (κ1) is 24.3. The molecule has 0 atom stereocenters. The van der Waals surface area contributed by atoms with E-state index in [9.17, 15) is 22.0 Å². The molecule has 5 heteroatoms. The fourth-order valence-electron chi connectivity index (χ4n) is 4.79. The summed E-state index contributed by atoms with van der Waals surface area (Å²) in [5, 5.41) is 0.391. The summed E-state index contributed by atoms with van der Waals surface area (Å²) < 4.78 is 70.0. The quantitative estimate of drug-likeness (QED) is 0.152. The summed E-state index contributed by atoms with van der Waals surface area (Å²) in [5.41, 5.74) is 1.43. The average molecular weight is 471 g/mol. The Morgan fingerprint density at radius 3 is 2.18 bits per heavy atom. The van der Waals surface area contributed by atoms with Crippen molar-refractivity contribution in [3.8, 4) is 11.8 Å². The number of aryl methyl sites for hydroxylation is 1. The maximum atomic E-state index is 14.4. The predicted molar refractivity (Wildman–Crippen MR) is 125 cm³/mol. The van der Waals surface area contributed by atoms with Crippen molar-refractivity contribution in [2.75, 3.05) is 0 Å². The van der Waals surface area contributed by atoms with Gasteiger partial charge in [0.15, 0.2) is 17.5 Å². The second kappa shape index (κ2) is 10.6. The standard InChI is InChI=1S/C29H27F5/c1-2-3-4-5-19-14-25(30)24(26(31)15-19)12-8-18-6-9-20(10-7-18)21-11-13-23-22(16-21)17-27(32)29(34)28(23)33/h11,13-18,20H,2-7,9-10H2,1H3. The van der Waals surface area contributed by atoms with Crippen LogP contribution in [-0.4, -0.2) is 0 Å². The number of unbranched alkanes of at least 4 members (excludes halogenated alkanes) is 2. The highest BCUT2D eigenvalue weighted by Crippen LogP contribution is 2.37. The minimum atomic E-state index is -1.46. The zero-order valence-corrected chi connectivity index (χ0v) is 19.2. The Morgan fingerprint density at radius 1 is 0.794 bits per heavy atom. The van der Waals surface area contributed by atoms with Crippen molar-refractivity contribution in [3.05, 3.63) is 82.2 Å². The van der Waals surface area contributed by atoms with Gasteiger partial charge in [-0.1, -0.05) is 49.8 Å². The third kappa shape index (κ3) is 5.27. The van der Waals surface area contributed by atoms with Gasteiger partial charge in [0.2, 0.25) is 0 Å². The second-order valence-electron chi connectivity index (χ2n) is 9.18. The predicted octanol–water partition coefficient (Wildman–Crippen LogP) is 8.59. The molecular formula is C29H27F5. The van der Waals surface area contributed by atoms with Crippen LogP contribution >= 0.6 is 0 Å². The highest BCUT2D eigenvalue weighted by molar-refractivity contribution is 5.84. The third-order valence-corrected chi connectivity index (χ3v) is 6.77. The van der Waals surface area contributed by atoms with Gasteiger partial charge in [0, 0.05) is 11.3 Å². The molecule has 3 aromatic carbocycles. The maximum absolute atomic E-state index is 14.4. The van der Waals surface area contributed by atoms with Crippen LogP contribution in [0.25, 0.3) is 10.8 Å². The molecule has 0 nitrogen and oxygen atoms in total. The first-order chi connectivity index (χ1) is 16.4. The van der Waals surface area contributed by atoms with Crippen LogP contribution < -0.4 is 0 Å². The van der Waals surface area contributed by atoms with Crippen molar-refractivity contribution in [2.24, 2.45) is 5.92 Å². The van der Waals surface area contributed by atoms with E-state index in [2.05, 4.69) is 18.8 Å². The van der Waals surface area contributed by atoms with E-state index in [1.807, 2.05) is 0 Å². The van der Waals surface area contributed by atoms with Gasteiger partial charge in [0.05, 0.1) is 5.56 Å². The number of halogens is 5. The molecule has 0 radical (unpaired) electrons.